The van der Waals surface area contributed by atoms with Gasteiger partial charge in [-0.05, 0) is 29.9 Å². The van der Waals surface area contributed by atoms with Crippen molar-refractivity contribution in [2.75, 3.05) is 12.3 Å². The third kappa shape index (κ3) is 2.44. The van der Waals surface area contributed by atoms with Gasteiger partial charge < -0.3 is 11.1 Å². The molecule has 1 fully saturated rings. The maximum absolute atomic E-state index is 13.2. The average molecular weight is 254 g/mol. The fraction of sp³-hybridized carbons (Fsp3) is 0.462. The number of hydrogen-bond acceptors (Lipinski definition) is 2. The van der Waals surface area contributed by atoms with E-state index in [9.17, 15) is 13.6 Å². The number of benzene rings is 1. The van der Waals surface area contributed by atoms with Crippen LogP contribution in [0.1, 0.15) is 30.6 Å². The summed E-state index contributed by atoms with van der Waals surface area (Å²) >= 11 is 0. The lowest BCUT2D eigenvalue weighted by Crippen LogP contribution is -2.27. The summed E-state index contributed by atoms with van der Waals surface area (Å²) in [7, 11) is 0. The third-order valence-corrected chi connectivity index (χ3v) is 3.57. The topological polar surface area (TPSA) is 55.1 Å². The molecule has 1 saturated carbocycles. The summed E-state index contributed by atoms with van der Waals surface area (Å²) in [4.78, 5) is 11.7. The van der Waals surface area contributed by atoms with E-state index < -0.39 is 23.2 Å². The molecule has 1 aromatic carbocycles. The van der Waals surface area contributed by atoms with E-state index in [1.165, 1.54) is 0 Å². The van der Waals surface area contributed by atoms with Crippen molar-refractivity contribution in [2.24, 2.45) is 11.3 Å². The van der Waals surface area contributed by atoms with E-state index in [4.69, 9.17) is 5.73 Å². The normalized spacial score (nSPS) is 20.6. The number of rotatable bonds is 3. The summed E-state index contributed by atoms with van der Waals surface area (Å²) < 4.78 is 26.4. The van der Waals surface area contributed by atoms with Gasteiger partial charge >= 0.3 is 0 Å². The number of nitrogens with two attached hydrogens (primary N) is 1. The monoisotopic (exact) mass is 254 g/mol. The molecule has 0 aliphatic heterocycles. The van der Waals surface area contributed by atoms with Crippen molar-refractivity contribution in [3.8, 4) is 0 Å². The first-order valence-electron chi connectivity index (χ1n) is 5.84. The van der Waals surface area contributed by atoms with Crippen LogP contribution < -0.4 is 11.1 Å². The fourth-order valence-electron chi connectivity index (χ4n) is 1.96. The summed E-state index contributed by atoms with van der Waals surface area (Å²) in [5.41, 5.74) is 4.79. The molecule has 0 heterocycles. The Labute approximate surface area is 104 Å². The van der Waals surface area contributed by atoms with Crippen LogP contribution in [0.5, 0.6) is 0 Å². The van der Waals surface area contributed by atoms with Gasteiger partial charge in [-0.15, -0.1) is 0 Å². The highest BCUT2D eigenvalue weighted by molar-refractivity contribution is 5.94. The molecule has 1 amide bonds. The van der Waals surface area contributed by atoms with E-state index in [0.29, 0.717) is 12.5 Å². The molecule has 2 rings (SSSR count). The average Bonchev–Trinajstić information content (AvgIpc) is 2.90. The van der Waals surface area contributed by atoms with Crippen molar-refractivity contribution in [3.63, 3.8) is 0 Å². The minimum Gasteiger partial charge on any atom is -0.394 e. The van der Waals surface area contributed by atoms with Crippen LogP contribution in [0.2, 0.25) is 0 Å². The van der Waals surface area contributed by atoms with Crippen LogP contribution in [0, 0.1) is 23.0 Å². The van der Waals surface area contributed by atoms with Crippen molar-refractivity contribution in [2.45, 2.75) is 20.3 Å². The van der Waals surface area contributed by atoms with Crippen LogP contribution in [0.3, 0.4) is 0 Å². The van der Waals surface area contributed by atoms with Gasteiger partial charge in [-0.1, -0.05) is 13.8 Å². The first-order chi connectivity index (χ1) is 8.31. The van der Waals surface area contributed by atoms with E-state index in [2.05, 4.69) is 19.2 Å². The van der Waals surface area contributed by atoms with E-state index in [0.717, 1.165) is 18.6 Å². The van der Waals surface area contributed by atoms with Gasteiger partial charge in [0.1, 0.15) is 17.3 Å². The van der Waals surface area contributed by atoms with Crippen LogP contribution in [-0.2, 0) is 0 Å². The van der Waals surface area contributed by atoms with Gasteiger partial charge in [-0.2, -0.15) is 0 Å². The number of carbonyl (C=O) groups is 1. The molecule has 1 aliphatic carbocycles. The zero-order valence-electron chi connectivity index (χ0n) is 10.4. The van der Waals surface area contributed by atoms with E-state index in [1.54, 1.807) is 0 Å². The maximum Gasteiger partial charge on any atom is 0.251 e. The van der Waals surface area contributed by atoms with Crippen LogP contribution in [0.25, 0.3) is 0 Å². The first kappa shape index (κ1) is 12.8. The Morgan fingerprint density at radius 2 is 1.94 bits per heavy atom. The van der Waals surface area contributed by atoms with Crippen molar-refractivity contribution in [3.05, 3.63) is 29.3 Å². The molecule has 3 nitrogen and oxygen atoms in total. The molecule has 1 unspecified atom stereocenters. The summed E-state index contributed by atoms with van der Waals surface area (Å²) in [6.45, 7) is 4.76. The van der Waals surface area contributed by atoms with Crippen LogP contribution in [-0.4, -0.2) is 12.5 Å². The lowest BCUT2D eigenvalue weighted by atomic mass is 10.1. The van der Waals surface area contributed by atoms with Gasteiger partial charge in [0, 0.05) is 12.1 Å². The zero-order valence-corrected chi connectivity index (χ0v) is 10.4. The molecule has 1 aliphatic rings. The molecular formula is C13H16F2N2O. The minimum atomic E-state index is -0.910. The SMILES string of the molecule is CC1(C)CC1CNC(=O)c1cc(F)c(N)c(F)c1. The van der Waals surface area contributed by atoms with Gasteiger partial charge in [0.2, 0.25) is 0 Å². The molecule has 0 saturated heterocycles. The molecule has 0 aromatic heterocycles. The standard InChI is InChI=1S/C13H16F2N2O/c1-13(2)5-8(13)6-17-12(18)7-3-9(14)11(16)10(15)4-7/h3-4,8H,5-6,16H2,1-2H3,(H,17,18). The lowest BCUT2D eigenvalue weighted by molar-refractivity contribution is 0.0949. The Kier molecular flexibility index (Phi) is 3.00. The van der Waals surface area contributed by atoms with E-state index >= 15 is 0 Å². The Hall–Kier alpha value is -1.65. The Balaban J connectivity index is 2.01. The first-order valence-corrected chi connectivity index (χ1v) is 5.84. The number of nitrogen functional groups attached to an aromatic ring is 1. The van der Waals surface area contributed by atoms with Crippen LogP contribution >= 0.6 is 0 Å². The third-order valence-electron chi connectivity index (χ3n) is 3.57. The highest BCUT2D eigenvalue weighted by Gasteiger charge is 2.45. The van der Waals surface area contributed by atoms with Crippen molar-refractivity contribution in [1.82, 2.24) is 5.32 Å². The van der Waals surface area contributed by atoms with Crippen molar-refractivity contribution >= 4 is 11.6 Å². The van der Waals surface area contributed by atoms with Gasteiger partial charge in [0.25, 0.3) is 5.91 Å². The van der Waals surface area contributed by atoms with Crippen molar-refractivity contribution in [1.29, 1.82) is 0 Å². The Morgan fingerprint density at radius 3 is 2.39 bits per heavy atom. The number of carbonyl (C=O) groups excluding carboxylic acids is 1. The van der Waals surface area contributed by atoms with Gasteiger partial charge in [0.05, 0.1) is 0 Å². The minimum absolute atomic E-state index is 0.0438. The smallest absolute Gasteiger partial charge is 0.251 e. The summed E-state index contributed by atoms with van der Waals surface area (Å²) in [5, 5.41) is 2.68. The number of anilines is 1. The molecule has 0 radical (unpaired) electrons. The largest absolute Gasteiger partial charge is 0.394 e. The maximum atomic E-state index is 13.2. The number of hydrogen-bond donors (Lipinski definition) is 2. The van der Waals surface area contributed by atoms with Crippen molar-refractivity contribution < 1.29 is 13.6 Å². The number of nitrogens with one attached hydrogen (secondary N) is 1. The summed E-state index contributed by atoms with van der Waals surface area (Å²) in [5.74, 6) is -1.86. The molecular weight excluding hydrogens is 238 g/mol. The molecule has 1 aromatic rings. The van der Waals surface area contributed by atoms with Crippen LogP contribution in [0.4, 0.5) is 14.5 Å². The lowest BCUT2D eigenvalue weighted by Gasteiger charge is -2.08. The highest BCUT2D eigenvalue weighted by Crippen LogP contribution is 2.50. The Bertz CT molecular complexity index is 477. The van der Waals surface area contributed by atoms with Gasteiger partial charge in [-0.3, -0.25) is 4.79 Å². The predicted molar refractivity (Wildman–Crippen MR) is 65.0 cm³/mol. The fourth-order valence-corrected chi connectivity index (χ4v) is 1.96. The quantitative estimate of drug-likeness (QED) is 0.813. The summed E-state index contributed by atoms with van der Waals surface area (Å²) in [6, 6.07) is 1.90. The van der Waals surface area contributed by atoms with Crippen LogP contribution in [0.15, 0.2) is 12.1 Å². The van der Waals surface area contributed by atoms with E-state index in [-0.39, 0.29) is 11.0 Å². The second kappa shape index (κ2) is 4.23. The highest BCUT2D eigenvalue weighted by atomic mass is 19.1. The second-order valence-corrected chi connectivity index (χ2v) is 5.45. The molecule has 5 heteroatoms. The molecule has 0 spiro atoms. The predicted octanol–water partition coefficient (Wildman–Crippen LogP) is 2.32. The second-order valence-electron chi connectivity index (χ2n) is 5.45. The van der Waals surface area contributed by atoms with E-state index in [1.807, 2.05) is 0 Å². The molecule has 1 atom stereocenters. The zero-order chi connectivity index (χ0) is 13.5. The van der Waals surface area contributed by atoms with Gasteiger partial charge in [-0.25, -0.2) is 8.78 Å². The molecule has 18 heavy (non-hydrogen) atoms. The summed E-state index contributed by atoms with van der Waals surface area (Å²) in [6.07, 6.45) is 1.05. The molecule has 98 valence electrons. The Morgan fingerprint density at radius 1 is 1.44 bits per heavy atom. The molecule has 0 bridgehead atoms. The number of amides is 1. The molecule has 3 N–H and O–H groups in total. The number of halogens is 2. The van der Waals surface area contributed by atoms with Gasteiger partial charge in [0.15, 0.2) is 0 Å².